The Balaban J connectivity index is 2.28. The smallest absolute Gasteiger partial charge is 0.0702 e. The number of nitrogens with two attached hydrogens (primary N) is 1. The van der Waals surface area contributed by atoms with E-state index in [1.807, 2.05) is 12.3 Å². The third kappa shape index (κ3) is 3.80. The zero-order valence-corrected chi connectivity index (χ0v) is 13.4. The molecule has 2 unspecified atom stereocenters. The number of rotatable bonds is 7. The molecule has 3 heteroatoms. The largest absolute Gasteiger partial charge is 0.329 e. The molecule has 3 nitrogen and oxygen atoms in total. The maximum atomic E-state index is 6.09. The summed E-state index contributed by atoms with van der Waals surface area (Å²) in [5.74, 6) is 0.695. The first-order valence-electron chi connectivity index (χ1n) is 7.98. The van der Waals surface area contributed by atoms with Crippen LogP contribution in [0.2, 0.25) is 0 Å². The van der Waals surface area contributed by atoms with Crippen LogP contribution >= 0.6 is 0 Å². The molecule has 0 aliphatic rings. The second kappa shape index (κ2) is 7.53. The van der Waals surface area contributed by atoms with Gasteiger partial charge in [-0.15, -0.1) is 0 Å². The van der Waals surface area contributed by atoms with Gasteiger partial charge >= 0.3 is 0 Å². The molecule has 2 N–H and O–H groups in total. The summed E-state index contributed by atoms with van der Waals surface area (Å²) in [6.45, 7) is 9.54. The van der Waals surface area contributed by atoms with Gasteiger partial charge in [-0.25, -0.2) is 0 Å². The van der Waals surface area contributed by atoms with Crippen LogP contribution in [-0.2, 0) is 0 Å². The molecule has 114 valence electrons. The number of aromatic nitrogens is 1. The predicted molar refractivity (Wildman–Crippen MR) is 90.2 cm³/mol. The molecule has 2 aromatic rings. The van der Waals surface area contributed by atoms with Gasteiger partial charge in [-0.1, -0.05) is 39.3 Å². The Morgan fingerprint density at radius 3 is 2.71 bits per heavy atom. The molecule has 0 saturated carbocycles. The van der Waals surface area contributed by atoms with Crippen LogP contribution in [0.3, 0.4) is 0 Å². The molecular formula is C18H27N3. The summed E-state index contributed by atoms with van der Waals surface area (Å²) >= 11 is 0. The van der Waals surface area contributed by atoms with Crippen molar-refractivity contribution in [3.8, 4) is 0 Å². The minimum absolute atomic E-state index is 0.286. The Bertz CT molecular complexity index is 567. The van der Waals surface area contributed by atoms with E-state index < -0.39 is 0 Å². The van der Waals surface area contributed by atoms with Gasteiger partial charge in [0.1, 0.15) is 0 Å². The molecule has 0 aliphatic heterocycles. The van der Waals surface area contributed by atoms with Crippen LogP contribution in [0, 0.1) is 5.92 Å². The van der Waals surface area contributed by atoms with Crippen molar-refractivity contribution in [2.75, 3.05) is 19.6 Å². The van der Waals surface area contributed by atoms with Gasteiger partial charge in [-0.05, 0) is 36.2 Å². The first-order valence-corrected chi connectivity index (χ1v) is 7.98. The van der Waals surface area contributed by atoms with Gasteiger partial charge in [0.15, 0.2) is 0 Å². The topological polar surface area (TPSA) is 42.1 Å². The Morgan fingerprint density at radius 2 is 2.05 bits per heavy atom. The molecule has 0 saturated heterocycles. The Morgan fingerprint density at radius 1 is 1.24 bits per heavy atom. The van der Waals surface area contributed by atoms with E-state index in [4.69, 9.17) is 5.73 Å². The van der Waals surface area contributed by atoms with Crippen LogP contribution in [-0.4, -0.2) is 29.5 Å². The molecular weight excluding hydrogens is 258 g/mol. The number of hydrogen-bond acceptors (Lipinski definition) is 3. The lowest BCUT2D eigenvalue weighted by molar-refractivity contribution is 0.182. The molecule has 0 bridgehead atoms. The van der Waals surface area contributed by atoms with Crippen molar-refractivity contribution in [1.82, 2.24) is 9.88 Å². The van der Waals surface area contributed by atoms with Crippen molar-refractivity contribution in [3.63, 3.8) is 0 Å². The quantitative estimate of drug-likeness (QED) is 0.845. The highest BCUT2D eigenvalue weighted by molar-refractivity contribution is 5.79. The molecule has 0 amide bonds. The van der Waals surface area contributed by atoms with Crippen LogP contribution in [0.25, 0.3) is 10.9 Å². The SMILES string of the molecule is CCC(C)CN(CC)C(CN)c1ccc2ncccc2c1. The monoisotopic (exact) mass is 285 g/mol. The van der Waals surface area contributed by atoms with E-state index in [0.717, 1.165) is 18.6 Å². The van der Waals surface area contributed by atoms with E-state index in [0.29, 0.717) is 12.5 Å². The van der Waals surface area contributed by atoms with Gasteiger partial charge < -0.3 is 5.73 Å². The van der Waals surface area contributed by atoms with Gasteiger partial charge in [-0.3, -0.25) is 9.88 Å². The second-order valence-corrected chi connectivity index (χ2v) is 5.81. The van der Waals surface area contributed by atoms with Crippen molar-refractivity contribution >= 4 is 10.9 Å². The Labute approximate surface area is 128 Å². The van der Waals surface area contributed by atoms with E-state index >= 15 is 0 Å². The zero-order valence-electron chi connectivity index (χ0n) is 13.4. The van der Waals surface area contributed by atoms with Gasteiger partial charge in [0.05, 0.1) is 5.52 Å². The van der Waals surface area contributed by atoms with Gasteiger partial charge in [-0.2, -0.15) is 0 Å². The number of fused-ring (bicyclic) bond motifs is 1. The molecule has 0 spiro atoms. The first kappa shape index (κ1) is 15.9. The summed E-state index contributed by atoms with van der Waals surface area (Å²) < 4.78 is 0. The summed E-state index contributed by atoms with van der Waals surface area (Å²) in [7, 11) is 0. The van der Waals surface area contributed by atoms with Crippen molar-refractivity contribution < 1.29 is 0 Å². The molecule has 0 fully saturated rings. The fourth-order valence-electron chi connectivity index (χ4n) is 2.80. The second-order valence-electron chi connectivity index (χ2n) is 5.81. The van der Waals surface area contributed by atoms with Crippen LogP contribution in [0.1, 0.15) is 38.8 Å². The van der Waals surface area contributed by atoms with Crippen molar-refractivity contribution in [2.24, 2.45) is 11.7 Å². The summed E-state index contributed by atoms with van der Waals surface area (Å²) in [6, 6.07) is 10.9. The Kier molecular flexibility index (Phi) is 5.71. The highest BCUT2D eigenvalue weighted by Gasteiger charge is 2.19. The molecule has 21 heavy (non-hydrogen) atoms. The molecule has 0 radical (unpaired) electrons. The van der Waals surface area contributed by atoms with E-state index in [-0.39, 0.29) is 6.04 Å². The maximum Gasteiger partial charge on any atom is 0.0702 e. The first-order chi connectivity index (χ1) is 10.2. The minimum Gasteiger partial charge on any atom is -0.329 e. The summed E-state index contributed by atoms with van der Waals surface area (Å²) in [6.07, 6.45) is 3.04. The van der Waals surface area contributed by atoms with E-state index in [1.54, 1.807) is 0 Å². The fourth-order valence-corrected chi connectivity index (χ4v) is 2.80. The average Bonchev–Trinajstić information content (AvgIpc) is 2.54. The van der Waals surface area contributed by atoms with Crippen LogP contribution < -0.4 is 5.73 Å². The number of nitrogens with zero attached hydrogens (tertiary/aromatic N) is 2. The maximum absolute atomic E-state index is 6.09. The van der Waals surface area contributed by atoms with Gasteiger partial charge in [0.2, 0.25) is 0 Å². The zero-order chi connectivity index (χ0) is 15.2. The predicted octanol–water partition coefficient (Wildman–Crippen LogP) is 3.60. The molecule has 0 aliphatic carbocycles. The number of likely N-dealkylation sites (N-methyl/N-ethyl adjacent to an activating group) is 1. The lowest BCUT2D eigenvalue weighted by atomic mass is 10.0. The van der Waals surface area contributed by atoms with Crippen molar-refractivity contribution in [2.45, 2.75) is 33.2 Å². The third-order valence-corrected chi connectivity index (χ3v) is 4.33. The van der Waals surface area contributed by atoms with E-state index in [2.05, 4.69) is 54.9 Å². The highest BCUT2D eigenvalue weighted by atomic mass is 15.2. The van der Waals surface area contributed by atoms with Gasteiger partial charge in [0.25, 0.3) is 0 Å². The van der Waals surface area contributed by atoms with Gasteiger partial charge in [0, 0.05) is 30.7 Å². The van der Waals surface area contributed by atoms with Crippen LogP contribution in [0.5, 0.6) is 0 Å². The fraction of sp³-hybridized carbons (Fsp3) is 0.500. The Hall–Kier alpha value is -1.45. The standard InChI is InChI=1S/C18H27N3/c1-4-14(3)13-21(5-2)18(12-19)16-8-9-17-15(11-16)7-6-10-20-17/h6-11,14,18H,4-5,12-13,19H2,1-3H3. The van der Waals surface area contributed by atoms with E-state index in [9.17, 15) is 0 Å². The molecule has 2 atom stereocenters. The number of benzene rings is 1. The lowest BCUT2D eigenvalue weighted by Crippen LogP contribution is -2.36. The lowest BCUT2D eigenvalue weighted by Gasteiger charge is -2.32. The van der Waals surface area contributed by atoms with E-state index in [1.165, 1.54) is 17.4 Å². The normalized spacial score (nSPS) is 14.5. The summed E-state index contributed by atoms with van der Waals surface area (Å²) in [5, 5.41) is 1.19. The van der Waals surface area contributed by atoms with Crippen molar-refractivity contribution in [1.29, 1.82) is 0 Å². The average molecular weight is 285 g/mol. The van der Waals surface area contributed by atoms with Crippen LogP contribution in [0.4, 0.5) is 0 Å². The minimum atomic E-state index is 0.286. The third-order valence-electron chi connectivity index (χ3n) is 4.33. The summed E-state index contributed by atoms with van der Waals surface area (Å²) in [4.78, 5) is 6.88. The number of hydrogen-bond donors (Lipinski definition) is 1. The molecule has 1 aromatic carbocycles. The molecule has 2 rings (SSSR count). The number of pyridine rings is 1. The van der Waals surface area contributed by atoms with Crippen LogP contribution in [0.15, 0.2) is 36.5 Å². The molecule has 1 heterocycles. The summed E-state index contributed by atoms with van der Waals surface area (Å²) in [5.41, 5.74) is 8.42. The van der Waals surface area contributed by atoms with Crippen molar-refractivity contribution in [3.05, 3.63) is 42.1 Å². The highest BCUT2D eigenvalue weighted by Crippen LogP contribution is 2.24. The molecule has 1 aromatic heterocycles.